The monoisotopic (exact) mass is 474 g/mol. The Morgan fingerprint density at radius 2 is 1.59 bits per heavy atom. The summed E-state index contributed by atoms with van der Waals surface area (Å²) < 4.78 is 38.6. The van der Waals surface area contributed by atoms with Gasteiger partial charge in [-0.3, -0.25) is 9.59 Å². The first kappa shape index (κ1) is 23.9. The highest BCUT2D eigenvalue weighted by Gasteiger charge is 2.41. The van der Waals surface area contributed by atoms with Crippen LogP contribution in [0.15, 0.2) is 48.5 Å². The van der Waals surface area contributed by atoms with Crippen LogP contribution in [0.2, 0.25) is 0 Å². The third-order valence-corrected chi connectivity index (χ3v) is 6.61. The molecule has 0 saturated carbocycles. The van der Waals surface area contributed by atoms with E-state index in [4.69, 9.17) is 0 Å². The highest BCUT2D eigenvalue weighted by molar-refractivity contribution is 5.89. The number of rotatable bonds is 6. The minimum atomic E-state index is -4.10. The number of likely N-dealkylation sites (tertiary alicyclic amines) is 1. The Bertz CT molecular complexity index is 1000. The molecule has 2 heterocycles. The number of hydrogen-bond acceptors (Lipinski definition) is 4. The fourth-order valence-electron chi connectivity index (χ4n) is 4.47. The number of carbonyl (C=O) groups excluding carboxylic acids is 2. The maximum atomic E-state index is 12.9. The van der Waals surface area contributed by atoms with Crippen molar-refractivity contribution in [3.8, 4) is 0 Å². The van der Waals surface area contributed by atoms with E-state index in [1.807, 2.05) is 53.4 Å². The predicted octanol–water partition coefficient (Wildman–Crippen LogP) is 4.30. The van der Waals surface area contributed by atoms with Crippen LogP contribution in [0.3, 0.4) is 0 Å². The second-order valence-electron chi connectivity index (χ2n) is 9.06. The molecule has 4 rings (SSSR count). The number of amides is 2. The second kappa shape index (κ2) is 9.95. The normalized spacial score (nSPS) is 19.4. The van der Waals surface area contributed by atoms with Gasteiger partial charge in [-0.25, -0.2) is 0 Å². The van der Waals surface area contributed by atoms with E-state index in [1.165, 1.54) is 0 Å². The van der Waals surface area contributed by atoms with Crippen molar-refractivity contribution in [1.82, 2.24) is 10.2 Å². The van der Waals surface area contributed by atoms with E-state index < -0.39 is 12.1 Å². The Morgan fingerprint density at radius 3 is 2.12 bits per heavy atom. The minimum absolute atomic E-state index is 0.00497. The van der Waals surface area contributed by atoms with E-state index in [9.17, 15) is 22.8 Å². The molecule has 0 spiro atoms. The molecule has 1 atom stereocenters. The average Bonchev–Trinajstić information content (AvgIpc) is 3.17. The fraction of sp³-hybridized carbons (Fsp3) is 0.440. The zero-order chi connectivity index (χ0) is 24.3. The molecule has 2 fully saturated rings. The number of piperidine rings is 1. The number of halogens is 3. The molecule has 34 heavy (non-hydrogen) atoms. The van der Waals surface area contributed by atoms with Gasteiger partial charge in [0.05, 0.1) is 11.8 Å². The number of benzene rings is 2. The van der Waals surface area contributed by atoms with Gasteiger partial charge < -0.3 is 20.4 Å². The summed E-state index contributed by atoms with van der Waals surface area (Å²) >= 11 is 0. The van der Waals surface area contributed by atoms with Gasteiger partial charge in [0.25, 0.3) is 0 Å². The molecule has 0 radical (unpaired) electrons. The lowest BCUT2D eigenvalue weighted by Crippen LogP contribution is -2.38. The summed E-state index contributed by atoms with van der Waals surface area (Å²) in [4.78, 5) is 27.4. The van der Waals surface area contributed by atoms with Crippen LogP contribution in [-0.2, 0) is 16.1 Å². The van der Waals surface area contributed by atoms with Crippen molar-refractivity contribution in [3.63, 3.8) is 0 Å². The highest BCUT2D eigenvalue weighted by Crippen LogP contribution is 2.35. The molecule has 1 unspecified atom stereocenters. The topological polar surface area (TPSA) is 64.7 Å². The van der Waals surface area contributed by atoms with E-state index in [-0.39, 0.29) is 37.0 Å². The molecule has 2 amide bonds. The van der Waals surface area contributed by atoms with Gasteiger partial charge in [-0.15, -0.1) is 0 Å². The van der Waals surface area contributed by atoms with Crippen LogP contribution in [0, 0.1) is 11.8 Å². The van der Waals surface area contributed by atoms with Crippen LogP contribution in [0.25, 0.3) is 0 Å². The molecular formula is C25H29F3N4O2. The van der Waals surface area contributed by atoms with Crippen LogP contribution >= 0.6 is 0 Å². The Morgan fingerprint density at radius 1 is 1.00 bits per heavy atom. The van der Waals surface area contributed by atoms with Crippen molar-refractivity contribution in [2.75, 3.05) is 36.9 Å². The molecule has 2 aliphatic heterocycles. The van der Waals surface area contributed by atoms with Crippen LogP contribution < -0.4 is 15.5 Å². The smallest absolute Gasteiger partial charge is 0.372 e. The standard InChI is InChI=1S/C25H29F3N4O2/c1-31-16-18(14-23(31)33)24(34)29-15-17-2-4-20(5-3-17)30-21-6-8-22(9-7-21)32-12-10-19(11-13-32)25(26,27)28/h2-9,18-19,30H,10-16H2,1H3,(H,29,34). The molecule has 2 aliphatic rings. The molecule has 2 N–H and O–H groups in total. The van der Waals surface area contributed by atoms with Crippen molar-refractivity contribution >= 4 is 28.9 Å². The summed E-state index contributed by atoms with van der Waals surface area (Å²) in [5, 5.41) is 6.20. The first-order chi connectivity index (χ1) is 16.2. The molecule has 2 aromatic carbocycles. The third kappa shape index (κ3) is 5.81. The first-order valence-corrected chi connectivity index (χ1v) is 11.5. The zero-order valence-corrected chi connectivity index (χ0v) is 19.1. The van der Waals surface area contributed by atoms with Gasteiger partial charge in [0, 0.05) is 56.7 Å². The van der Waals surface area contributed by atoms with Gasteiger partial charge in [-0.05, 0) is 54.8 Å². The number of nitrogens with one attached hydrogen (secondary N) is 2. The van der Waals surface area contributed by atoms with Crippen molar-refractivity contribution in [2.45, 2.75) is 32.0 Å². The quantitative estimate of drug-likeness (QED) is 0.655. The highest BCUT2D eigenvalue weighted by atomic mass is 19.4. The molecule has 2 saturated heterocycles. The maximum absolute atomic E-state index is 12.9. The van der Waals surface area contributed by atoms with Gasteiger partial charge in [0.15, 0.2) is 0 Å². The van der Waals surface area contributed by atoms with Gasteiger partial charge in [-0.2, -0.15) is 13.2 Å². The average molecular weight is 475 g/mol. The van der Waals surface area contributed by atoms with Crippen molar-refractivity contribution in [2.24, 2.45) is 11.8 Å². The summed E-state index contributed by atoms with van der Waals surface area (Å²) in [6.45, 7) is 1.66. The molecule has 0 aromatic heterocycles. The van der Waals surface area contributed by atoms with Gasteiger partial charge in [-0.1, -0.05) is 12.1 Å². The minimum Gasteiger partial charge on any atom is -0.372 e. The molecule has 0 aliphatic carbocycles. The van der Waals surface area contributed by atoms with E-state index in [0.29, 0.717) is 26.2 Å². The van der Waals surface area contributed by atoms with Gasteiger partial charge in [0.2, 0.25) is 11.8 Å². The zero-order valence-electron chi connectivity index (χ0n) is 19.1. The van der Waals surface area contributed by atoms with Gasteiger partial charge >= 0.3 is 6.18 Å². The molecule has 6 nitrogen and oxygen atoms in total. The SMILES string of the molecule is CN1CC(C(=O)NCc2ccc(Nc3ccc(N4CCC(C(F)(F)F)CC4)cc3)cc2)CC1=O. The summed E-state index contributed by atoms with van der Waals surface area (Å²) in [6.07, 6.45) is -3.58. The van der Waals surface area contributed by atoms with Gasteiger partial charge in [0.1, 0.15) is 0 Å². The molecule has 0 bridgehead atoms. The van der Waals surface area contributed by atoms with Crippen molar-refractivity contribution in [3.05, 3.63) is 54.1 Å². The van der Waals surface area contributed by atoms with E-state index in [1.54, 1.807) is 11.9 Å². The summed E-state index contributed by atoms with van der Waals surface area (Å²) in [6, 6.07) is 15.4. The first-order valence-electron chi connectivity index (χ1n) is 11.5. The third-order valence-electron chi connectivity index (χ3n) is 6.61. The largest absolute Gasteiger partial charge is 0.391 e. The van der Waals surface area contributed by atoms with Crippen LogP contribution in [0.1, 0.15) is 24.8 Å². The van der Waals surface area contributed by atoms with Crippen LogP contribution in [0.5, 0.6) is 0 Å². The molecule has 2 aromatic rings. The lowest BCUT2D eigenvalue weighted by atomic mass is 9.96. The molecule has 9 heteroatoms. The van der Waals surface area contributed by atoms with Crippen molar-refractivity contribution < 1.29 is 22.8 Å². The van der Waals surface area contributed by atoms with E-state index in [0.717, 1.165) is 22.6 Å². The van der Waals surface area contributed by atoms with Crippen molar-refractivity contribution in [1.29, 1.82) is 0 Å². The molecule has 182 valence electrons. The number of carbonyl (C=O) groups is 2. The summed E-state index contributed by atoms with van der Waals surface area (Å²) in [5.41, 5.74) is 3.64. The lowest BCUT2D eigenvalue weighted by molar-refractivity contribution is -0.179. The predicted molar refractivity (Wildman–Crippen MR) is 125 cm³/mol. The van der Waals surface area contributed by atoms with E-state index in [2.05, 4.69) is 10.6 Å². The molecular weight excluding hydrogens is 445 g/mol. The fourth-order valence-corrected chi connectivity index (χ4v) is 4.47. The Hall–Kier alpha value is -3.23. The number of anilines is 3. The van der Waals surface area contributed by atoms with Crippen LogP contribution in [0.4, 0.5) is 30.2 Å². The lowest BCUT2D eigenvalue weighted by Gasteiger charge is -2.34. The summed E-state index contributed by atoms with van der Waals surface area (Å²) in [5.74, 6) is -1.61. The Balaban J connectivity index is 1.25. The van der Waals surface area contributed by atoms with Crippen LogP contribution in [-0.4, -0.2) is 49.6 Å². The number of hydrogen-bond donors (Lipinski definition) is 2. The van der Waals surface area contributed by atoms with E-state index >= 15 is 0 Å². The summed E-state index contributed by atoms with van der Waals surface area (Å²) in [7, 11) is 1.70. The second-order valence-corrected chi connectivity index (χ2v) is 9.06. The Labute approximate surface area is 197 Å². The number of alkyl halides is 3. The maximum Gasteiger partial charge on any atom is 0.391 e. The number of nitrogens with zero attached hydrogens (tertiary/aromatic N) is 2. The Kier molecular flexibility index (Phi) is 7.00.